The van der Waals surface area contributed by atoms with Crippen molar-refractivity contribution in [2.24, 2.45) is 0 Å². The third kappa shape index (κ3) is 7.48. The number of nitrogens with one attached hydrogen (secondary N) is 3. The number of aromatic amines is 2. The molecule has 0 radical (unpaired) electrons. The molecular formula is C30H40Cl2N6O4. The van der Waals surface area contributed by atoms with Gasteiger partial charge in [0.15, 0.2) is 0 Å². The van der Waals surface area contributed by atoms with Crippen molar-refractivity contribution in [1.29, 1.82) is 0 Å². The number of rotatable bonds is 9. The molecule has 2 aromatic carbocycles. The van der Waals surface area contributed by atoms with Gasteiger partial charge in [0.1, 0.15) is 0 Å². The molecule has 6 rings (SSSR count). The molecule has 4 aromatic rings. The quantitative estimate of drug-likeness (QED) is 0.237. The summed E-state index contributed by atoms with van der Waals surface area (Å²) in [5.41, 5.74) is 3.44. The van der Waals surface area contributed by atoms with Crippen LogP contribution in [-0.2, 0) is 9.47 Å². The Bertz CT molecular complexity index is 1560. The smallest absolute Gasteiger partial charge is 0.326 e. The van der Waals surface area contributed by atoms with E-state index in [1.165, 1.54) is 0 Å². The van der Waals surface area contributed by atoms with Gasteiger partial charge in [0.05, 0.1) is 41.9 Å². The highest BCUT2D eigenvalue weighted by molar-refractivity contribution is 6.31. The summed E-state index contributed by atoms with van der Waals surface area (Å²) in [4.78, 5) is 32.5. The van der Waals surface area contributed by atoms with Crippen molar-refractivity contribution in [2.45, 2.75) is 44.7 Å². The Balaban J connectivity index is 0.000000180. The van der Waals surface area contributed by atoms with Gasteiger partial charge in [-0.25, -0.2) is 9.59 Å². The zero-order valence-electron chi connectivity index (χ0n) is 24.0. The van der Waals surface area contributed by atoms with Crippen LogP contribution in [0.4, 0.5) is 0 Å². The van der Waals surface area contributed by atoms with Gasteiger partial charge >= 0.3 is 11.4 Å². The number of likely N-dealkylation sites (tertiary alicyclic amines) is 1. The summed E-state index contributed by atoms with van der Waals surface area (Å²) in [7, 11) is 0. The van der Waals surface area contributed by atoms with Crippen LogP contribution >= 0.6 is 23.2 Å². The van der Waals surface area contributed by atoms with E-state index in [0.717, 1.165) is 93.7 Å². The van der Waals surface area contributed by atoms with Crippen molar-refractivity contribution in [2.75, 3.05) is 59.2 Å². The second kappa shape index (κ2) is 14.7. The Hall–Kier alpha value is -2.60. The van der Waals surface area contributed by atoms with Crippen molar-refractivity contribution in [3.05, 3.63) is 67.4 Å². The highest BCUT2D eigenvalue weighted by Crippen LogP contribution is 2.26. The van der Waals surface area contributed by atoms with E-state index in [1.54, 1.807) is 6.07 Å². The lowest BCUT2D eigenvalue weighted by Gasteiger charge is -2.32. The molecule has 228 valence electrons. The van der Waals surface area contributed by atoms with Crippen molar-refractivity contribution < 1.29 is 9.47 Å². The van der Waals surface area contributed by atoms with Gasteiger partial charge in [0.25, 0.3) is 0 Å². The fourth-order valence-corrected chi connectivity index (χ4v) is 6.30. The van der Waals surface area contributed by atoms with Crippen LogP contribution < -0.4 is 16.7 Å². The lowest BCUT2D eigenvalue weighted by Crippen LogP contribution is -2.38. The molecule has 2 aromatic heterocycles. The number of imidazole rings is 2. The number of piperidine rings is 2. The summed E-state index contributed by atoms with van der Waals surface area (Å²) in [6.45, 7) is 9.57. The predicted octanol–water partition coefficient (Wildman–Crippen LogP) is 4.58. The molecule has 3 N–H and O–H groups in total. The van der Waals surface area contributed by atoms with Gasteiger partial charge < -0.3 is 29.7 Å². The van der Waals surface area contributed by atoms with Crippen LogP contribution in [0, 0.1) is 0 Å². The third-order valence-electron chi connectivity index (χ3n) is 8.08. The van der Waals surface area contributed by atoms with Crippen LogP contribution in [-0.4, -0.2) is 83.2 Å². The van der Waals surface area contributed by atoms with E-state index in [0.29, 0.717) is 29.3 Å². The Morgan fingerprint density at radius 1 is 0.762 bits per heavy atom. The van der Waals surface area contributed by atoms with E-state index in [1.807, 2.05) is 46.4 Å². The van der Waals surface area contributed by atoms with Crippen LogP contribution in [0.25, 0.3) is 22.1 Å². The molecule has 0 amide bonds. The molecular weight excluding hydrogens is 579 g/mol. The molecule has 42 heavy (non-hydrogen) atoms. The Labute approximate surface area is 254 Å². The highest BCUT2D eigenvalue weighted by atomic mass is 35.5. The second-order valence-corrected chi connectivity index (χ2v) is 11.7. The van der Waals surface area contributed by atoms with Crippen LogP contribution in [0.1, 0.15) is 44.7 Å². The number of fused-ring (bicyclic) bond motifs is 2. The zero-order valence-corrected chi connectivity index (χ0v) is 25.6. The molecule has 0 saturated carbocycles. The number of halogens is 2. The van der Waals surface area contributed by atoms with Crippen molar-refractivity contribution in [3.63, 3.8) is 0 Å². The van der Waals surface area contributed by atoms with E-state index in [4.69, 9.17) is 32.7 Å². The predicted molar refractivity (Wildman–Crippen MR) is 168 cm³/mol. The molecule has 10 nitrogen and oxygen atoms in total. The summed E-state index contributed by atoms with van der Waals surface area (Å²) in [6.07, 6.45) is 3.92. The standard InChI is InChI=1S/C18H26ClN3O3.C12H14ClN3O/c1-2-24-11-12-25-10-9-21-7-5-15(6-8-21)22-17-4-3-14(19)13-16(17)20-18(22)23;13-8-1-2-11-10(7-8)15-12(17)16(11)9-3-5-14-6-4-9/h3-4,13,15H,2,5-12H2,1H3,(H,20,23);1-2,7,9,14H,3-6H2,(H,15,17). The Morgan fingerprint density at radius 3 is 1.83 bits per heavy atom. The minimum Gasteiger partial charge on any atom is -0.379 e. The monoisotopic (exact) mass is 618 g/mol. The lowest BCUT2D eigenvalue weighted by molar-refractivity contribution is 0.0387. The molecule has 2 fully saturated rings. The van der Waals surface area contributed by atoms with Crippen molar-refractivity contribution in [3.8, 4) is 0 Å². The maximum absolute atomic E-state index is 12.3. The maximum Gasteiger partial charge on any atom is 0.326 e. The molecule has 0 atom stereocenters. The number of benzene rings is 2. The van der Waals surface area contributed by atoms with Gasteiger partial charge in [0.2, 0.25) is 0 Å². The molecule has 0 spiro atoms. The summed E-state index contributed by atoms with van der Waals surface area (Å²) < 4.78 is 14.6. The van der Waals surface area contributed by atoms with Gasteiger partial charge in [-0.2, -0.15) is 0 Å². The van der Waals surface area contributed by atoms with Gasteiger partial charge in [0, 0.05) is 48.4 Å². The van der Waals surface area contributed by atoms with E-state index in [9.17, 15) is 9.59 Å². The maximum atomic E-state index is 12.3. The third-order valence-corrected chi connectivity index (χ3v) is 8.55. The molecule has 0 bridgehead atoms. The number of hydrogen-bond donors (Lipinski definition) is 3. The Morgan fingerprint density at radius 2 is 1.29 bits per heavy atom. The van der Waals surface area contributed by atoms with E-state index >= 15 is 0 Å². The first kappa shape index (κ1) is 30.8. The van der Waals surface area contributed by atoms with Crippen LogP contribution in [0.3, 0.4) is 0 Å². The average Bonchev–Trinajstić information content (AvgIpc) is 3.49. The minimum absolute atomic E-state index is 0.0332. The first-order valence-corrected chi connectivity index (χ1v) is 15.6. The molecule has 0 aliphatic carbocycles. The summed E-state index contributed by atoms with van der Waals surface area (Å²) >= 11 is 11.9. The molecule has 2 aliphatic rings. The largest absolute Gasteiger partial charge is 0.379 e. The Kier molecular flexibility index (Phi) is 10.8. The number of nitrogens with zero attached hydrogens (tertiary/aromatic N) is 3. The molecule has 4 heterocycles. The first-order chi connectivity index (χ1) is 20.4. The van der Waals surface area contributed by atoms with Crippen molar-refractivity contribution >= 4 is 45.3 Å². The van der Waals surface area contributed by atoms with E-state index in [2.05, 4.69) is 20.2 Å². The SMILES string of the molecule is CCOCCOCCN1CCC(n2c(=O)[nH]c3cc(Cl)ccc32)CC1.O=c1[nH]c2cc(Cl)ccc2n1C1CCNCC1. The zero-order chi connectivity index (χ0) is 29.5. The number of H-pyrrole nitrogens is 2. The van der Waals surface area contributed by atoms with Gasteiger partial charge in [-0.15, -0.1) is 0 Å². The fourth-order valence-electron chi connectivity index (χ4n) is 5.96. The minimum atomic E-state index is -0.0463. The number of ether oxygens (including phenoxy) is 2. The summed E-state index contributed by atoms with van der Waals surface area (Å²) in [6, 6.07) is 11.6. The van der Waals surface area contributed by atoms with Crippen LogP contribution in [0.15, 0.2) is 46.0 Å². The van der Waals surface area contributed by atoms with Gasteiger partial charge in [-0.05, 0) is 82.1 Å². The average molecular weight is 620 g/mol. The second-order valence-electron chi connectivity index (χ2n) is 10.8. The first-order valence-electron chi connectivity index (χ1n) is 14.8. The molecule has 2 aliphatic heterocycles. The topological polar surface area (TPSA) is 109 Å². The summed E-state index contributed by atoms with van der Waals surface area (Å²) in [5, 5.41) is 4.59. The van der Waals surface area contributed by atoms with Crippen molar-refractivity contribution in [1.82, 2.24) is 29.3 Å². The normalized spacial score (nSPS) is 17.1. The van der Waals surface area contributed by atoms with Gasteiger partial charge in [-0.1, -0.05) is 23.2 Å². The fraction of sp³-hybridized carbons (Fsp3) is 0.533. The highest BCUT2D eigenvalue weighted by Gasteiger charge is 2.23. The molecule has 2 saturated heterocycles. The lowest BCUT2D eigenvalue weighted by atomic mass is 10.0. The molecule has 12 heteroatoms. The number of aromatic nitrogens is 4. The van der Waals surface area contributed by atoms with Crippen LogP contribution in [0.5, 0.6) is 0 Å². The van der Waals surface area contributed by atoms with Crippen LogP contribution in [0.2, 0.25) is 10.0 Å². The van der Waals surface area contributed by atoms with E-state index in [-0.39, 0.29) is 17.4 Å². The summed E-state index contributed by atoms with van der Waals surface area (Å²) in [5.74, 6) is 0. The molecule has 0 unspecified atom stereocenters. The number of hydrogen-bond acceptors (Lipinski definition) is 6. The van der Waals surface area contributed by atoms with E-state index < -0.39 is 0 Å². The van der Waals surface area contributed by atoms with Gasteiger partial charge in [-0.3, -0.25) is 9.13 Å².